The number of ether oxygens (including phenoxy) is 1. The van der Waals surface area contributed by atoms with Gasteiger partial charge in [-0.05, 0) is 37.0 Å². The van der Waals surface area contributed by atoms with E-state index < -0.39 is 10.0 Å². The van der Waals surface area contributed by atoms with Gasteiger partial charge in [-0.15, -0.1) is 0 Å². The van der Waals surface area contributed by atoms with Crippen LogP contribution in [0.5, 0.6) is 0 Å². The van der Waals surface area contributed by atoms with Gasteiger partial charge >= 0.3 is 0 Å². The van der Waals surface area contributed by atoms with Crippen LogP contribution in [0, 0.1) is 5.92 Å². The molecular weight excluding hydrogens is 286 g/mol. The molecule has 0 saturated carbocycles. The highest BCUT2D eigenvalue weighted by Crippen LogP contribution is 2.22. The van der Waals surface area contributed by atoms with E-state index in [1.807, 2.05) is 0 Å². The van der Waals surface area contributed by atoms with Crippen molar-refractivity contribution in [3.05, 3.63) is 29.3 Å². The summed E-state index contributed by atoms with van der Waals surface area (Å²) in [6, 6.07) is 6.37. The zero-order chi connectivity index (χ0) is 13.9. The molecule has 1 saturated heterocycles. The summed E-state index contributed by atoms with van der Waals surface area (Å²) < 4.78 is 31.5. The van der Waals surface area contributed by atoms with Gasteiger partial charge in [-0.1, -0.05) is 17.7 Å². The van der Waals surface area contributed by atoms with Crippen molar-refractivity contribution in [3.63, 3.8) is 0 Å². The predicted octanol–water partition coefficient (Wildman–Crippen LogP) is 2.39. The van der Waals surface area contributed by atoms with Crippen molar-refractivity contribution < 1.29 is 13.2 Å². The number of hydrogen-bond acceptors (Lipinski definition) is 3. The maximum Gasteiger partial charge on any atom is 0.242 e. The van der Waals surface area contributed by atoms with Crippen molar-refractivity contribution in [1.29, 1.82) is 0 Å². The Morgan fingerprint density at radius 3 is 2.68 bits per heavy atom. The Morgan fingerprint density at radius 2 is 2.05 bits per heavy atom. The first-order chi connectivity index (χ1) is 9.00. The largest absolute Gasteiger partial charge is 0.381 e. The maximum absolute atomic E-state index is 12.4. The number of halogens is 1. The summed E-state index contributed by atoms with van der Waals surface area (Å²) in [6.45, 7) is 1.96. The Labute approximate surface area is 119 Å². The standard InChI is InChI=1S/C13H18ClNO3S/c1-15(10-11-5-7-18-8-6-11)19(16,17)13-4-2-3-12(14)9-13/h2-4,9,11H,5-8,10H2,1H3. The Bertz CT molecular complexity index is 526. The van der Waals surface area contributed by atoms with E-state index in [0.29, 0.717) is 17.5 Å². The minimum atomic E-state index is -3.45. The van der Waals surface area contributed by atoms with E-state index in [1.165, 1.54) is 10.4 Å². The molecule has 2 rings (SSSR count). The van der Waals surface area contributed by atoms with E-state index in [2.05, 4.69) is 0 Å². The van der Waals surface area contributed by atoms with Crippen LogP contribution in [-0.2, 0) is 14.8 Å². The van der Waals surface area contributed by atoms with Crippen molar-refractivity contribution in [3.8, 4) is 0 Å². The molecule has 0 N–H and O–H groups in total. The Kier molecular flexibility index (Phi) is 4.84. The molecule has 4 nitrogen and oxygen atoms in total. The van der Waals surface area contributed by atoms with Gasteiger partial charge in [0.2, 0.25) is 10.0 Å². The molecule has 0 bridgehead atoms. The summed E-state index contributed by atoms with van der Waals surface area (Å²) in [7, 11) is -1.84. The lowest BCUT2D eigenvalue weighted by atomic mass is 10.0. The van der Waals surface area contributed by atoms with Crippen LogP contribution in [0.3, 0.4) is 0 Å². The average Bonchev–Trinajstić information content (AvgIpc) is 2.40. The molecule has 1 aromatic carbocycles. The van der Waals surface area contributed by atoms with E-state index in [9.17, 15) is 8.42 Å². The summed E-state index contributed by atoms with van der Waals surface area (Å²) in [4.78, 5) is 0.245. The Morgan fingerprint density at radius 1 is 1.37 bits per heavy atom. The lowest BCUT2D eigenvalue weighted by Crippen LogP contribution is -2.34. The van der Waals surface area contributed by atoms with Gasteiger partial charge in [-0.25, -0.2) is 12.7 Å². The van der Waals surface area contributed by atoms with Gasteiger partial charge in [0.05, 0.1) is 4.90 Å². The van der Waals surface area contributed by atoms with Crippen molar-refractivity contribution in [2.75, 3.05) is 26.8 Å². The highest BCUT2D eigenvalue weighted by Gasteiger charge is 2.25. The first-order valence-corrected chi connectivity index (χ1v) is 8.11. The van der Waals surface area contributed by atoms with Gasteiger partial charge in [-0.3, -0.25) is 0 Å². The topological polar surface area (TPSA) is 46.6 Å². The minimum absolute atomic E-state index is 0.245. The molecule has 0 aromatic heterocycles. The molecule has 0 spiro atoms. The Balaban J connectivity index is 2.10. The van der Waals surface area contributed by atoms with Gasteiger partial charge in [-0.2, -0.15) is 0 Å². The van der Waals surface area contributed by atoms with E-state index >= 15 is 0 Å². The van der Waals surface area contributed by atoms with Gasteiger partial charge < -0.3 is 4.74 Å². The molecule has 1 aromatic rings. The van der Waals surface area contributed by atoms with Gasteiger partial charge in [0.25, 0.3) is 0 Å². The van der Waals surface area contributed by atoms with Crippen LogP contribution in [0.2, 0.25) is 5.02 Å². The fourth-order valence-electron chi connectivity index (χ4n) is 2.20. The summed E-state index contributed by atoms with van der Waals surface area (Å²) in [5.74, 6) is 0.368. The van der Waals surface area contributed by atoms with E-state index in [0.717, 1.165) is 26.1 Å². The van der Waals surface area contributed by atoms with E-state index in [1.54, 1.807) is 25.2 Å². The van der Waals surface area contributed by atoms with Gasteiger partial charge in [0.1, 0.15) is 0 Å². The third kappa shape index (κ3) is 3.69. The molecule has 1 aliphatic heterocycles. The first kappa shape index (κ1) is 14.8. The predicted molar refractivity (Wildman–Crippen MR) is 74.8 cm³/mol. The molecular formula is C13H18ClNO3S. The van der Waals surface area contributed by atoms with Crippen LogP contribution in [0.1, 0.15) is 12.8 Å². The number of hydrogen-bond donors (Lipinski definition) is 0. The highest BCUT2D eigenvalue weighted by molar-refractivity contribution is 7.89. The summed E-state index contributed by atoms with van der Waals surface area (Å²) >= 11 is 5.85. The normalized spacial score (nSPS) is 17.8. The molecule has 6 heteroatoms. The molecule has 0 radical (unpaired) electrons. The smallest absolute Gasteiger partial charge is 0.242 e. The van der Waals surface area contributed by atoms with Crippen LogP contribution in [0.4, 0.5) is 0 Å². The summed E-state index contributed by atoms with van der Waals surface area (Å²) in [6.07, 6.45) is 1.82. The molecule has 0 amide bonds. The molecule has 1 aliphatic rings. The fourth-order valence-corrected chi connectivity index (χ4v) is 3.75. The minimum Gasteiger partial charge on any atom is -0.381 e. The molecule has 0 unspecified atom stereocenters. The van der Waals surface area contributed by atoms with E-state index in [-0.39, 0.29) is 4.90 Å². The number of nitrogens with zero attached hydrogens (tertiary/aromatic N) is 1. The number of rotatable bonds is 4. The molecule has 0 aliphatic carbocycles. The molecule has 0 atom stereocenters. The molecule has 19 heavy (non-hydrogen) atoms. The fraction of sp³-hybridized carbons (Fsp3) is 0.538. The molecule has 1 heterocycles. The van der Waals surface area contributed by atoms with Crippen LogP contribution >= 0.6 is 11.6 Å². The van der Waals surface area contributed by atoms with Crippen molar-refractivity contribution in [2.45, 2.75) is 17.7 Å². The second-order valence-corrected chi connectivity index (χ2v) is 7.28. The van der Waals surface area contributed by atoms with Crippen LogP contribution in [0.15, 0.2) is 29.2 Å². The molecule has 1 fully saturated rings. The monoisotopic (exact) mass is 303 g/mol. The molecule has 106 valence electrons. The van der Waals surface area contributed by atoms with Crippen LogP contribution < -0.4 is 0 Å². The average molecular weight is 304 g/mol. The lowest BCUT2D eigenvalue weighted by Gasteiger charge is -2.26. The number of benzene rings is 1. The SMILES string of the molecule is CN(CC1CCOCC1)S(=O)(=O)c1cccc(Cl)c1. The van der Waals surface area contributed by atoms with Crippen molar-refractivity contribution >= 4 is 21.6 Å². The second kappa shape index (κ2) is 6.22. The zero-order valence-electron chi connectivity index (χ0n) is 10.9. The van der Waals surface area contributed by atoms with Crippen molar-refractivity contribution in [2.24, 2.45) is 5.92 Å². The summed E-state index contributed by atoms with van der Waals surface area (Å²) in [5.41, 5.74) is 0. The highest BCUT2D eigenvalue weighted by atomic mass is 35.5. The summed E-state index contributed by atoms with van der Waals surface area (Å²) in [5, 5.41) is 0.431. The van der Waals surface area contributed by atoms with E-state index in [4.69, 9.17) is 16.3 Å². The van der Waals surface area contributed by atoms with Crippen molar-refractivity contribution in [1.82, 2.24) is 4.31 Å². The van der Waals surface area contributed by atoms with Gasteiger partial charge in [0.15, 0.2) is 0 Å². The van der Waals surface area contributed by atoms with Crippen LogP contribution in [0.25, 0.3) is 0 Å². The first-order valence-electron chi connectivity index (χ1n) is 6.30. The number of sulfonamides is 1. The lowest BCUT2D eigenvalue weighted by molar-refractivity contribution is 0.0620. The third-order valence-electron chi connectivity index (χ3n) is 3.36. The third-order valence-corrected chi connectivity index (χ3v) is 5.41. The second-order valence-electron chi connectivity index (χ2n) is 4.80. The maximum atomic E-state index is 12.4. The quantitative estimate of drug-likeness (QED) is 0.858. The Hall–Kier alpha value is -0.620. The van der Waals surface area contributed by atoms with Gasteiger partial charge in [0, 0.05) is 31.8 Å². The van der Waals surface area contributed by atoms with Crippen LogP contribution in [-0.4, -0.2) is 39.5 Å². The zero-order valence-corrected chi connectivity index (χ0v) is 12.5.